The third-order valence-corrected chi connectivity index (χ3v) is 5.49. The highest BCUT2D eigenvalue weighted by molar-refractivity contribution is 7.12. The monoisotopic (exact) mass is 398 g/mol. The van der Waals surface area contributed by atoms with Crippen LogP contribution < -0.4 is 9.47 Å². The Hall–Kier alpha value is -1.71. The number of hydrogen-bond acceptors (Lipinski definition) is 7. The SMILES string of the molecule is COc1ccc(Cc2sc(C)cc2OC2OC(CO)C(F)C(O)C2O)cc1. The Bertz CT molecular complexity index is 747. The molecule has 0 radical (unpaired) electrons. The van der Waals surface area contributed by atoms with Crippen molar-refractivity contribution in [2.45, 2.75) is 44.1 Å². The van der Waals surface area contributed by atoms with E-state index in [0.29, 0.717) is 12.2 Å². The zero-order valence-electron chi connectivity index (χ0n) is 15.0. The first-order valence-electron chi connectivity index (χ1n) is 8.58. The molecular weight excluding hydrogens is 375 g/mol. The minimum Gasteiger partial charge on any atom is -0.497 e. The second-order valence-corrected chi connectivity index (χ2v) is 7.78. The Morgan fingerprint density at radius 2 is 1.89 bits per heavy atom. The van der Waals surface area contributed by atoms with Crippen LogP contribution in [0.25, 0.3) is 0 Å². The van der Waals surface area contributed by atoms with Crippen molar-refractivity contribution in [1.29, 1.82) is 0 Å². The summed E-state index contributed by atoms with van der Waals surface area (Å²) in [5.74, 6) is 1.26. The summed E-state index contributed by atoms with van der Waals surface area (Å²) in [6, 6.07) is 9.44. The van der Waals surface area contributed by atoms with E-state index in [1.54, 1.807) is 7.11 Å². The number of aliphatic hydroxyl groups excluding tert-OH is 3. The lowest BCUT2D eigenvalue weighted by molar-refractivity contribution is -0.265. The maximum absolute atomic E-state index is 13.9. The number of thiophene rings is 1. The molecule has 0 aliphatic carbocycles. The van der Waals surface area contributed by atoms with Crippen LogP contribution in [0.1, 0.15) is 15.3 Å². The highest BCUT2D eigenvalue weighted by Crippen LogP contribution is 2.34. The molecule has 1 fully saturated rings. The van der Waals surface area contributed by atoms with E-state index in [9.17, 15) is 19.7 Å². The number of ether oxygens (including phenoxy) is 3. The van der Waals surface area contributed by atoms with Crippen LogP contribution >= 0.6 is 11.3 Å². The molecule has 2 heterocycles. The topological polar surface area (TPSA) is 88.4 Å². The Kier molecular flexibility index (Phi) is 6.33. The van der Waals surface area contributed by atoms with E-state index >= 15 is 0 Å². The van der Waals surface area contributed by atoms with Crippen LogP contribution in [0.15, 0.2) is 30.3 Å². The maximum Gasteiger partial charge on any atom is 0.229 e. The standard InChI is InChI=1S/C19H23FO6S/c1-10-7-13(15(27-10)8-11-3-5-12(24-2)6-4-11)25-19-18(23)17(22)16(20)14(9-21)26-19/h3-7,14,16-19,21-23H,8-9H2,1-2H3. The molecule has 27 heavy (non-hydrogen) atoms. The van der Waals surface area contributed by atoms with E-state index in [1.807, 2.05) is 37.3 Å². The number of hydrogen-bond donors (Lipinski definition) is 3. The molecule has 1 aliphatic heterocycles. The third kappa shape index (κ3) is 4.41. The molecule has 2 aromatic rings. The normalized spacial score (nSPS) is 28.1. The van der Waals surface area contributed by atoms with Gasteiger partial charge in [0.2, 0.25) is 6.29 Å². The molecule has 0 bridgehead atoms. The van der Waals surface area contributed by atoms with Crippen molar-refractivity contribution in [2.24, 2.45) is 0 Å². The average molecular weight is 398 g/mol. The van der Waals surface area contributed by atoms with Crippen LogP contribution in [-0.2, 0) is 11.2 Å². The molecule has 8 heteroatoms. The van der Waals surface area contributed by atoms with E-state index in [1.165, 1.54) is 11.3 Å². The van der Waals surface area contributed by atoms with Gasteiger partial charge in [-0.05, 0) is 30.7 Å². The zero-order chi connectivity index (χ0) is 19.6. The molecule has 1 saturated heterocycles. The first-order chi connectivity index (χ1) is 12.9. The van der Waals surface area contributed by atoms with E-state index < -0.39 is 37.4 Å². The highest BCUT2D eigenvalue weighted by Gasteiger charge is 2.46. The molecule has 0 amide bonds. The van der Waals surface area contributed by atoms with Gasteiger partial charge in [0.15, 0.2) is 6.17 Å². The number of benzene rings is 1. The Labute approximate surface area is 160 Å². The van der Waals surface area contributed by atoms with Gasteiger partial charge >= 0.3 is 0 Å². The Morgan fingerprint density at radius 3 is 2.52 bits per heavy atom. The van der Waals surface area contributed by atoms with Crippen molar-refractivity contribution in [3.8, 4) is 11.5 Å². The predicted octanol–water partition coefficient (Wildman–Crippen LogP) is 1.81. The number of methoxy groups -OCH3 is 1. The number of rotatable bonds is 6. The Balaban J connectivity index is 1.77. The third-order valence-electron chi connectivity index (χ3n) is 4.46. The van der Waals surface area contributed by atoms with Gasteiger partial charge in [-0.15, -0.1) is 11.3 Å². The lowest BCUT2D eigenvalue weighted by Crippen LogP contribution is -2.58. The van der Waals surface area contributed by atoms with Gasteiger partial charge in [-0.3, -0.25) is 0 Å². The average Bonchev–Trinajstić information content (AvgIpc) is 3.01. The quantitative estimate of drug-likeness (QED) is 0.688. The lowest BCUT2D eigenvalue weighted by atomic mass is 10.0. The smallest absolute Gasteiger partial charge is 0.229 e. The molecule has 5 atom stereocenters. The second-order valence-electron chi connectivity index (χ2n) is 6.44. The summed E-state index contributed by atoms with van der Waals surface area (Å²) >= 11 is 1.54. The molecule has 6 nitrogen and oxygen atoms in total. The van der Waals surface area contributed by atoms with Crippen molar-refractivity contribution in [2.75, 3.05) is 13.7 Å². The van der Waals surface area contributed by atoms with Crippen LogP contribution in [0.2, 0.25) is 0 Å². The molecule has 1 aromatic heterocycles. The largest absolute Gasteiger partial charge is 0.497 e. The first-order valence-corrected chi connectivity index (χ1v) is 9.40. The van der Waals surface area contributed by atoms with Crippen molar-refractivity contribution in [1.82, 2.24) is 0 Å². The van der Waals surface area contributed by atoms with Gasteiger partial charge in [0.25, 0.3) is 0 Å². The van der Waals surface area contributed by atoms with Gasteiger partial charge in [-0.25, -0.2) is 4.39 Å². The molecule has 3 rings (SSSR count). The number of halogens is 1. The fourth-order valence-electron chi connectivity index (χ4n) is 2.95. The first kappa shape index (κ1) is 20.0. The van der Waals surface area contributed by atoms with Gasteiger partial charge in [0.05, 0.1) is 18.6 Å². The fourth-order valence-corrected chi connectivity index (χ4v) is 3.96. The Morgan fingerprint density at radius 1 is 1.19 bits per heavy atom. The molecular formula is C19H23FO6S. The summed E-state index contributed by atoms with van der Waals surface area (Å²) < 4.78 is 30.1. The van der Waals surface area contributed by atoms with E-state index in [4.69, 9.17) is 14.2 Å². The molecule has 0 saturated carbocycles. The predicted molar refractivity (Wildman–Crippen MR) is 98.1 cm³/mol. The molecule has 0 spiro atoms. The number of aliphatic hydroxyl groups is 3. The number of alkyl halides is 1. The maximum atomic E-state index is 13.9. The van der Waals surface area contributed by atoms with E-state index in [0.717, 1.165) is 21.1 Å². The van der Waals surface area contributed by atoms with Crippen LogP contribution in [0, 0.1) is 6.92 Å². The lowest BCUT2D eigenvalue weighted by Gasteiger charge is -2.38. The zero-order valence-corrected chi connectivity index (χ0v) is 15.9. The summed E-state index contributed by atoms with van der Waals surface area (Å²) in [5, 5.41) is 29.2. The van der Waals surface area contributed by atoms with Crippen LogP contribution in [0.4, 0.5) is 4.39 Å². The molecule has 1 aromatic carbocycles. The summed E-state index contributed by atoms with van der Waals surface area (Å²) in [5.41, 5.74) is 1.05. The van der Waals surface area contributed by atoms with Gasteiger partial charge in [0.1, 0.15) is 29.8 Å². The summed E-state index contributed by atoms with van der Waals surface area (Å²) in [7, 11) is 1.61. The minimum atomic E-state index is -1.88. The summed E-state index contributed by atoms with van der Waals surface area (Å²) in [4.78, 5) is 1.91. The summed E-state index contributed by atoms with van der Waals surface area (Å²) in [6.45, 7) is 1.31. The molecule has 3 N–H and O–H groups in total. The van der Waals surface area contributed by atoms with Crippen LogP contribution in [0.5, 0.6) is 11.5 Å². The van der Waals surface area contributed by atoms with Crippen molar-refractivity contribution >= 4 is 11.3 Å². The molecule has 5 unspecified atom stereocenters. The number of aryl methyl sites for hydroxylation is 1. The summed E-state index contributed by atoms with van der Waals surface area (Å²) in [6.07, 6.45) is -7.06. The fraction of sp³-hybridized carbons (Fsp3) is 0.474. The van der Waals surface area contributed by atoms with E-state index in [-0.39, 0.29) is 0 Å². The molecule has 148 valence electrons. The highest BCUT2D eigenvalue weighted by atomic mass is 32.1. The van der Waals surface area contributed by atoms with Gasteiger partial charge < -0.3 is 29.5 Å². The van der Waals surface area contributed by atoms with E-state index in [2.05, 4.69) is 0 Å². The van der Waals surface area contributed by atoms with Crippen molar-refractivity contribution in [3.63, 3.8) is 0 Å². The van der Waals surface area contributed by atoms with Crippen molar-refractivity contribution < 1.29 is 33.9 Å². The van der Waals surface area contributed by atoms with Gasteiger partial charge in [-0.2, -0.15) is 0 Å². The minimum absolute atomic E-state index is 0.499. The van der Waals surface area contributed by atoms with Crippen molar-refractivity contribution in [3.05, 3.63) is 45.6 Å². The van der Waals surface area contributed by atoms with Gasteiger partial charge in [-0.1, -0.05) is 12.1 Å². The molecule has 1 aliphatic rings. The van der Waals surface area contributed by atoms with Crippen LogP contribution in [-0.4, -0.2) is 59.8 Å². The van der Waals surface area contributed by atoms with Crippen LogP contribution in [0.3, 0.4) is 0 Å². The second kappa shape index (κ2) is 8.53. The van der Waals surface area contributed by atoms with Gasteiger partial charge in [0, 0.05) is 11.3 Å².